The minimum absolute atomic E-state index is 0.498. The van der Waals surface area contributed by atoms with Crippen LogP contribution in [-0.4, -0.2) is 26.8 Å². The molecule has 4 bridgehead atoms. The molecular formula is C31H43NO3. The van der Waals surface area contributed by atoms with Crippen LogP contribution in [0.25, 0.3) is 0 Å². The molecule has 0 saturated heterocycles. The van der Waals surface area contributed by atoms with Gasteiger partial charge in [-0.1, -0.05) is 41.9 Å². The highest BCUT2D eigenvalue weighted by Gasteiger charge is 2.15. The summed E-state index contributed by atoms with van der Waals surface area (Å²) < 4.78 is 17.5. The van der Waals surface area contributed by atoms with Crippen LogP contribution in [0.2, 0.25) is 0 Å². The molecule has 0 saturated carbocycles. The molecule has 3 rings (SSSR count). The van der Waals surface area contributed by atoms with Crippen molar-refractivity contribution >= 4 is 0 Å². The van der Waals surface area contributed by atoms with Gasteiger partial charge in [0.25, 0.3) is 0 Å². The number of allylic oxidation sites excluding steroid dienone is 3. The van der Waals surface area contributed by atoms with E-state index in [2.05, 4.69) is 62.5 Å². The first-order valence-corrected chi connectivity index (χ1v) is 13.0. The Bertz CT molecular complexity index is 1000. The van der Waals surface area contributed by atoms with Crippen molar-refractivity contribution in [2.24, 2.45) is 0 Å². The Hall–Kier alpha value is -2.72. The van der Waals surface area contributed by atoms with Crippen LogP contribution in [0.5, 0.6) is 23.0 Å². The van der Waals surface area contributed by atoms with Gasteiger partial charge in [-0.2, -0.15) is 0 Å². The molecule has 0 spiro atoms. The highest BCUT2D eigenvalue weighted by molar-refractivity contribution is 5.50. The summed E-state index contributed by atoms with van der Waals surface area (Å²) in [6.07, 6.45) is 13.6. The van der Waals surface area contributed by atoms with Gasteiger partial charge in [0.2, 0.25) is 0 Å². The molecule has 1 heterocycles. The van der Waals surface area contributed by atoms with Crippen molar-refractivity contribution in [1.82, 2.24) is 5.32 Å². The summed E-state index contributed by atoms with van der Waals surface area (Å²) in [6.45, 7) is 7.51. The lowest BCUT2D eigenvalue weighted by molar-refractivity contribution is 0.355. The van der Waals surface area contributed by atoms with E-state index in [4.69, 9.17) is 14.2 Å². The molecule has 4 nitrogen and oxygen atoms in total. The van der Waals surface area contributed by atoms with Gasteiger partial charge in [-0.3, -0.25) is 0 Å². The zero-order chi connectivity index (χ0) is 25.0. The van der Waals surface area contributed by atoms with Crippen LogP contribution in [-0.2, 0) is 12.8 Å². The van der Waals surface area contributed by atoms with Crippen LogP contribution in [0.1, 0.15) is 70.4 Å². The van der Waals surface area contributed by atoms with Crippen molar-refractivity contribution in [3.63, 3.8) is 0 Å². The van der Waals surface area contributed by atoms with Gasteiger partial charge in [-0.05, 0) is 101 Å². The minimum Gasteiger partial charge on any atom is -0.493 e. The van der Waals surface area contributed by atoms with Crippen molar-refractivity contribution in [3.05, 3.63) is 70.8 Å². The van der Waals surface area contributed by atoms with E-state index >= 15 is 0 Å². The van der Waals surface area contributed by atoms with E-state index in [1.54, 1.807) is 14.2 Å². The fourth-order valence-corrected chi connectivity index (χ4v) is 4.53. The molecule has 0 aliphatic carbocycles. The van der Waals surface area contributed by atoms with Gasteiger partial charge in [0, 0.05) is 12.6 Å². The molecule has 0 fully saturated rings. The zero-order valence-corrected chi connectivity index (χ0v) is 22.3. The Morgan fingerprint density at radius 3 is 2.17 bits per heavy atom. The first-order valence-electron chi connectivity index (χ1n) is 13.0. The molecule has 1 atom stereocenters. The first-order chi connectivity index (χ1) is 17.0. The van der Waals surface area contributed by atoms with E-state index in [1.807, 2.05) is 12.1 Å². The molecule has 35 heavy (non-hydrogen) atoms. The summed E-state index contributed by atoms with van der Waals surface area (Å²) >= 11 is 0. The smallest absolute Gasteiger partial charge is 0.169 e. The fourth-order valence-electron chi connectivity index (χ4n) is 4.53. The largest absolute Gasteiger partial charge is 0.493 e. The van der Waals surface area contributed by atoms with Crippen molar-refractivity contribution in [2.75, 3.05) is 20.8 Å². The molecule has 190 valence electrons. The SMILES string of the molecule is COc1ccc2cc1Oc1cc(ccc1OC)CCC(NC/C=C(\C)CCC=C(C)C)CCCC2. The van der Waals surface area contributed by atoms with E-state index in [0.717, 1.165) is 68.1 Å². The number of hydrogen-bond donors (Lipinski definition) is 1. The van der Waals surface area contributed by atoms with Crippen LogP contribution in [0.4, 0.5) is 0 Å². The second kappa shape index (κ2) is 14.0. The molecule has 0 amide bonds. The molecule has 4 heteroatoms. The van der Waals surface area contributed by atoms with Crippen LogP contribution in [0.15, 0.2) is 59.7 Å². The van der Waals surface area contributed by atoms with Crippen LogP contribution in [0.3, 0.4) is 0 Å². The number of methoxy groups -OCH3 is 2. The van der Waals surface area contributed by atoms with Crippen molar-refractivity contribution in [3.8, 4) is 23.0 Å². The standard InChI is InChI=1S/C31H43NO3/c1-23(2)9-8-10-24(3)19-20-32-27-12-7-6-11-25-14-17-28(33-4)30(21-25)35-31-22-26(13-16-27)15-18-29(31)34-5/h9,14-15,17-19,21-22,27,32H,6-8,10-13,16,20H2,1-5H3/b24-19+. The summed E-state index contributed by atoms with van der Waals surface area (Å²) in [7, 11) is 3.36. The summed E-state index contributed by atoms with van der Waals surface area (Å²) in [4.78, 5) is 0. The van der Waals surface area contributed by atoms with Gasteiger partial charge >= 0.3 is 0 Å². The van der Waals surface area contributed by atoms with Crippen LogP contribution < -0.4 is 19.5 Å². The molecule has 0 aromatic heterocycles. The molecule has 1 aliphatic heterocycles. The second-order valence-corrected chi connectivity index (χ2v) is 9.83. The quantitative estimate of drug-likeness (QED) is 0.394. The maximum atomic E-state index is 6.34. The van der Waals surface area contributed by atoms with Gasteiger partial charge in [-0.15, -0.1) is 0 Å². The molecule has 0 radical (unpaired) electrons. The summed E-state index contributed by atoms with van der Waals surface area (Å²) in [6, 6.07) is 13.0. The van der Waals surface area contributed by atoms with E-state index < -0.39 is 0 Å². The minimum atomic E-state index is 0.498. The third kappa shape index (κ3) is 8.78. The zero-order valence-electron chi connectivity index (χ0n) is 22.3. The molecule has 1 N–H and O–H groups in total. The maximum absolute atomic E-state index is 6.34. The monoisotopic (exact) mass is 477 g/mol. The third-order valence-corrected chi connectivity index (χ3v) is 6.67. The van der Waals surface area contributed by atoms with E-state index in [0.29, 0.717) is 6.04 Å². The van der Waals surface area contributed by atoms with Crippen molar-refractivity contribution in [1.29, 1.82) is 0 Å². The van der Waals surface area contributed by atoms with Crippen molar-refractivity contribution in [2.45, 2.75) is 78.2 Å². The number of rotatable bonds is 8. The van der Waals surface area contributed by atoms with Gasteiger partial charge in [0.1, 0.15) is 0 Å². The van der Waals surface area contributed by atoms with E-state index in [9.17, 15) is 0 Å². The highest BCUT2D eigenvalue weighted by Crippen LogP contribution is 2.38. The number of fused-ring (bicyclic) bond motifs is 4. The fraction of sp³-hybridized carbons (Fsp3) is 0.484. The normalized spacial score (nSPS) is 16.6. The average molecular weight is 478 g/mol. The summed E-state index contributed by atoms with van der Waals surface area (Å²) in [5.41, 5.74) is 5.39. The lowest BCUT2D eigenvalue weighted by atomic mass is 9.98. The lowest BCUT2D eigenvalue weighted by Crippen LogP contribution is -2.30. The predicted molar refractivity (Wildman–Crippen MR) is 146 cm³/mol. The Morgan fingerprint density at radius 2 is 1.54 bits per heavy atom. The first kappa shape index (κ1) is 26.9. The molecule has 1 aliphatic rings. The Labute approximate surface area is 212 Å². The summed E-state index contributed by atoms with van der Waals surface area (Å²) in [5, 5.41) is 3.82. The van der Waals surface area contributed by atoms with E-state index in [-0.39, 0.29) is 0 Å². The van der Waals surface area contributed by atoms with Crippen LogP contribution >= 0.6 is 0 Å². The Morgan fingerprint density at radius 1 is 0.886 bits per heavy atom. The van der Waals surface area contributed by atoms with Gasteiger partial charge < -0.3 is 19.5 Å². The number of nitrogens with one attached hydrogen (secondary N) is 1. The molecule has 2 aromatic carbocycles. The molecular weight excluding hydrogens is 434 g/mol. The number of aryl methyl sites for hydroxylation is 2. The van der Waals surface area contributed by atoms with Gasteiger partial charge in [0.05, 0.1) is 14.2 Å². The third-order valence-electron chi connectivity index (χ3n) is 6.67. The van der Waals surface area contributed by atoms with Crippen LogP contribution in [0, 0.1) is 0 Å². The van der Waals surface area contributed by atoms with E-state index in [1.165, 1.54) is 35.1 Å². The number of benzene rings is 2. The predicted octanol–water partition coefficient (Wildman–Crippen LogP) is 7.81. The number of hydrogen-bond acceptors (Lipinski definition) is 4. The Balaban J connectivity index is 1.72. The molecule has 2 aromatic rings. The molecule has 1 unspecified atom stereocenters. The maximum Gasteiger partial charge on any atom is 0.169 e. The highest BCUT2D eigenvalue weighted by atomic mass is 16.5. The summed E-state index contributed by atoms with van der Waals surface area (Å²) in [5.74, 6) is 2.94. The van der Waals surface area contributed by atoms with Gasteiger partial charge in [-0.25, -0.2) is 0 Å². The van der Waals surface area contributed by atoms with Crippen molar-refractivity contribution < 1.29 is 14.2 Å². The lowest BCUT2D eigenvalue weighted by Gasteiger charge is -2.20. The van der Waals surface area contributed by atoms with Gasteiger partial charge in [0.15, 0.2) is 23.0 Å². The Kier molecular flexibility index (Phi) is 10.7. The average Bonchev–Trinajstić information content (AvgIpc) is 2.84. The topological polar surface area (TPSA) is 39.7 Å². The second-order valence-electron chi connectivity index (χ2n) is 9.83. The number of ether oxygens (including phenoxy) is 3.